The average molecular weight is 163 g/mol. The van der Waals surface area contributed by atoms with Crippen molar-refractivity contribution < 1.29 is 20.6 Å². The number of hydrogen-bond acceptors (Lipinski definition) is 1. The third-order valence-electron chi connectivity index (χ3n) is 0. The van der Waals surface area contributed by atoms with Crippen molar-refractivity contribution in [3.63, 3.8) is 0 Å². The molecule has 0 aliphatic rings. The maximum atomic E-state index is 7.00. The molecule has 1 nitrogen and oxygen atoms in total. The van der Waals surface area contributed by atoms with Crippen LogP contribution in [0.1, 0.15) is 0 Å². The predicted octanol–water partition coefficient (Wildman–Crippen LogP) is 0.452. The average Bonchev–Trinajstić information content (AvgIpc) is 1.50. The van der Waals surface area contributed by atoms with Crippen LogP contribution in [0.4, 0.5) is 0 Å². The van der Waals surface area contributed by atoms with E-state index in [9.17, 15) is 0 Å². The molecule has 0 aliphatic heterocycles. The predicted molar refractivity (Wildman–Crippen MR) is 17.1 cm³/mol. The van der Waals surface area contributed by atoms with Crippen molar-refractivity contribution in [1.82, 2.24) is 0 Å². The van der Waals surface area contributed by atoms with Gasteiger partial charge in [-0.2, -0.15) is 0 Å². The Balaban J connectivity index is 0. The second-order valence-electron chi connectivity index (χ2n) is 0. The third kappa shape index (κ3) is 11.8. The van der Waals surface area contributed by atoms with E-state index in [0.717, 1.165) is 7.11 Å². The Labute approximate surface area is 41.9 Å². The molecule has 0 heterocycles. The second kappa shape index (κ2) is 35.1. The van der Waals surface area contributed by atoms with Crippen LogP contribution in [0.15, 0.2) is 0 Å². The van der Waals surface area contributed by atoms with Crippen molar-refractivity contribution >= 4 is 13.8 Å². The molecule has 0 spiro atoms. The molecule has 0 aromatic heterocycles. The van der Waals surface area contributed by atoms with E-state index in [0.29, 0.717) is 0 Å². The first-order valence-corrected chi connectivity index (χ1v) is 4.07. The van der Waals surface area contributed by atoms with Crippen molar-refractivity contribution in [2.75, 3.05) is 7.11 Å². The Bertz CT molecular complexity index is 8.00. The molecule has 0 unspecified atom stereocenters. The van der Waals surface area contributed by atoms with Crippen molar-refractivity contribution in [3.8, 4) is 0 Å². The molecule has 4 heavy (non-hydrogen) atoms. The van der Waals surface area contributed by atoms with Crippen molar-refractivity contribution in [2.24, 2.45) is 0 Å². The summed E-state index contributed by atoms with van der Waals surface area (Å²) >= 11 is 5.00. The number of rotatable bonds is 0. The second-order valence-corrected chi connectivity index (χ2v) is 0. The van der Waals surface area contributed by atoms with Crippen LogP contribution in [0.2, 0.25) is 0 Å². The number of halogens is 1. The van der Waals surface area contributed by atoms with E-state index in [1.165, 1.54) is 0 Å². The Kier molecular flexibility index (Phi) is 78.0. The van der Waals surface area contributed by atoms with Crippen molar-refractivity contribution in [2.45, 2.75) is 0 Å². The standard InChI is InChI=1S/CH4O.BrH.V/c1-2;;/h2H,1H3;1H;/q;;+1/p-1. The summed E-state index contributed by atoms with van der Waals surface area (Å²) in [6, 6.07) is 0. The number of aliphatic hydroxyl groups is 1. The number of aliphatic hydroxyl groups excluding tert-OH is 1. The summed E-state index contributed by atoms with van der Waals surface area (Å²) < 4.78 is 0. The summed E-state index contributed by atoms with van der Waals surface area (Å²) in [6.07, 6.45) is 0. The van der Waals surface area contributed by atoms with Gasteiger partial charge in [0, 0.05) is 7.11 Å². The molecule has 3 heteroatoms. The summed E-state index contributed by atoms with van der Waals surface area (Å²) in [6.45, 7) is 0. The van der Waals surface area contributed by atoms with Gasteiger partial charge in [-0.3, -0.25) is 0 Å². The molecule has 0 aromatic rings. The Hall–Kier alpha value is 1.02. The van der Waals surface area contributed by atoms with E-state index < -0.39 is 0 Å². The van der Waals surface area contributed by atoms with Gasteiger partial charge in [0.15, 0.2) is 0 Å². The minimum atomic E-state index is 1.00. The summed E-state index contributed by atoms with van der Waals surface area (Å²) in [4.78, 5) is 0. The summed E-state index contributed by atoms with van der Waals surface area (Å²) in [7, 11) is 1.00. The van der Waals surface area contributed by atoms with Gasteiger partial charge in [0.2, 0.25) is 0 Å². The van der Waals surface area contributed by atoms with Gasteiger partial charge in [-0.25, -0.2) is 0 Å². The topological polar surface area (TPSA) is 20.2 Å². The molecular formula is CH4BrOV. The zero-order valence-electron chi connectivity index (χ0n) is 2.27. The van der Waals surface area contributed by atoms with E-state index in [1.54, 1.807) is 0 Å². The van der Waals surface area contributed by atoms with Crippen LogP contribution in [0, 0.1) is 0 Å². The Morgan fingerprint density at radius 1 is 1.50 bits per heavy atom. The normalized spacial score (nSPS) is 2.75. The van der Waals surface area contributed by atoms with Gasteiger partial charge in [-0.15, -0.1) is 0 Å². The van der Waals surface area contributed by atoms with Crippen LogP contribution in [0.3, 0.4) is 0 Å². The molecule has 0 saturated heterocycles. The first-order valence-electron chi connectivity index (χ1n) is 0.616. The first-order chi connectivity index (χ1) is 2.00. The quantitative estimate of drug-likeness (QED) is 0.549. The van der Waals surface area contributed by atoms with Crippen molar-refractivity contribution in [3.05, 3.63) is 0 Å². The molecule has 0 saturated carbocycles. The van der Waals surface area contributed by atoms with E-state index in [2.05, 4.69) is 29.3 Å². The molecule has 0 radical (unpaired) electrons. The molecule has 0 atom stereocenters. The van der Waals surface area contributed by atoms with Gasteiger partial charge in [-0.1, -0.05) is 0 Å². The molecule has 0 rings (SSSR count). The van der Waals surface area contributed by atoms with Crippen LogP contribution >= 0.6 is 13.8 Å². The van der Waals surface area contributed by atoms with Gasteiger partial charge >= 0.3 is 29.3 Å². The Morgan fingerprint density at radius 3 is 1.50 bits per heavy atom. The monoisotopic (exact) mass is 162 g/mol. The maximum absolute atomic E-state index is 7.00. The van der Waals surface area contributed by atoms with E-state index in [1.807, 2.05) is 0 Å². The molecule has 0 bridgehead atoms. The summed E-state index contributed by atoms with van der Waals surface area (Å²) in [5.74, 6) is 0. The summed E-state index contributed by atoms with van der Waals surface area (Å²) in [5.41, 5.74) is 0. The van der Waals surface area contributed by atoms with Crippen LogP contribution in [0.25, 0.3) is 0 Å². The van der Waals surface area contributed by atoms with Gasteiger partial charge in [0.25, 0.3) is 0 Å². The van der Waals surface area contributed by atoms with Crippen LogP contribution in [0.5, 0.6) is 0 Å². The summed E-state index contributed by atoms with van der Waals surface area (Å²) in [5, 5.41) is 7.00. The SMILES string of the molecule is CO.[V][Br]. The molecule has 0 aromatic carbocycles. The van der Waals surface area contributed by atoms with Crippen LogP contribution in [-0.2, 0) is 15.5 Å². The molecule has 0 fully saturated rings. The zero-order chi connectivity index (χ0) is 4.00. The molecule has 0 amide bonds. The molecule has 26 valence electrons. The van der Waals surface area contributed by atoms with Crippen molar-refractivity contribution in [1.29, 1.82) is 0 Å². The first kappa shape index (κ1) is 8.90. The minimum absolute atomic E-state index is 1.00. The fraction of sp³-hybridized carbons (Fsp3) is 1.00. The van der Waals surface area contributed by atoms with Crippen LogP contribution < -0.4 is 0 Å². The van der Waals surface area contributed by atoms with Gasteiger partial charge < -0.3 is 5.11 Å². The van der Waals surface area contributed by atoms with E-state index in [4.69, 9.17) is 5.11 Å². The number of hydrogen-bond donors (Lipinski definition) is 1. The van der Waals surface area contributed by atoms with Gasteiger partial charge in [0.05, 0.1) is 0 Å². The zero-order valence-corrected chi connectivity index (χ0v) is 5.26. The molecule has 0 aliphatic carbocycles. The van der Waals surface area contributed by atoms with Gasteiger partial charge in [-0.05, 0) is 0 Å². The Morgan fingerprint density at radius 2 is 1.50 bits per heavy atom. The molecular weight excluding hydrogens is 159 g/mol. The van der Waals surface area contributed by atoms with Gasteiger partial charge in [0.1, 0.15) is 0 Å². The van der Waals surface area contributed by atoms with E-state index >= 15 is 0 Å². The van der Waals surface area contributed by atoms with E-state index in [-0.39, 0.29) is 0 Å². The third-order valence-corrected chi connectivity index (χ3v) is 0. The fourth-order valence-electron chi connectivity index (χ4n) is 0. The van der Waals surface area contributed by atoms with Crippen LogP contribution in [-0.4, -0.2) is 12.2 Å². The molecule has 1 N–H and O–H groups in total. The fourth-order valence-corrected chi connectivity index (χ4v) is 0.